The molecule has 0 radical (unpaired) electrons. The van der Waals surface area contributed by atoms with Crippen molar-refractivity contribution in [1.82, 2.24) is 4.98 Å². The van der Waals surface area contributed by atoms with E-state index >= 15 is 0 Å². The zero-order chi connectivity index (χ0) is 27.4. The molecule has 6 heteroatoms. The van der Waals surface area contributed by atoms with Gasteiger partial charge in [0.05, 0.1) is 29.9 Å². The molecule has 4 aromatic rings. The number of aromatic nitrogens is 1. The fraction of sp³-hybridized carbons (Fsp3) is 0.281. The van der Waals surface area contributed by atoms with Crippen molar-refractivity contribution in [3.05, 3.63) is 94.7 Å². The predicted molar refractivity (Wildman–Crippen MR) is 151 cm³/mol. The van der Waals surface area contributed by atoms with E-state index in [1.54, 1.807) is 27.0 Å². The van der Waals surface area contributed by atoms with Crippen molar-refractivity contribution in [1.29, 1.82) is 0 Å². The number of hydrogen-bond donors (Lipinski definition) is 3. The first kappa shape index (κ1) is 26.8. The van der Waals surface area contributed by atoms with Gasteiger partial charge in [0.25, 0.3) is 5.91 Å². The largest absolute Gasteiger partial charge is 0.495 e. The summed E-state index contributed by atoms with van der Waals surface area (Å²) in [6.07, 6.45) is 2.25. The number of amides is 1. The molecule has 1 aromatic heterocycles. The Bertz CT molecular complexity index is 1520. The molecule has 0 spiro atoms. The van der Waals surface area contributed by atoms with Gasteiger partial charge < -0.3 is 25.3 Å². The summed E-state index contributed by atoms with van der Waals surface area (Å²) in [6, 6.07) is 19.1. The van der Waals surface area contributed by atoms with Crippen LogP contribution in [0.4, 0.5) is 0 Å². The van der Waals surface area contributed by atoms with E-state index in [1.807, 2.05) is 68.6 Å². The Balaban J connectivity index is 1.91. The molecule has 38 heavy (non-hydrogen) atoms. The van der Waals surface area contributed by atoms with E-state index in [9.17, 15) is 9.90 Å². The van der Waals surface area contributed by atoms with Gasteiger partial charge in [0.1, 0.15) is 11.5 Å². The van der Waals surface area contributed by atoms with E-state index < -0.39 is 17.4 Å². The Morgan fingerprint density at radius 1 is 1.08 bits per heavy atom. The second-order valence-electron chi connectivity index (χ2n) is 10.2. The van der Waals surface area contributed by atoms with Crippen LogP contribution in [0.25, 0.3) is 10.9 Å². The molecule has 1 amide bonds. The maximum Gasteiger partial charge on any atom is 0.252 e. The molecular formula is C32H34N2O4. The smallest absolute Gasteiger partial charge is 0.252 e. The summed E-state index contributed by atoms with van der Waals surface area (Å²) in [5, 5.41) is 12.5. The Hall–Kier alpha value is -4.21. The first-order valence-electron chi connectivity index (χ1n) is 12.6. The topological polar surface area (TPSA) is 97.6 Å². The number of para-hydroxylation sites is 2. The lowest BCUT2D eigenvalue weighted by molar-refractivity contribution is 0.0480. The highest BCUT2D eigenvalue weighted by Gasteiger charge is 2.34. The van der Waals surface area contributed by atoms with Gasteiger partial charge in [-0.3, -0.25) is 4.79 Å². The van der Waals surface area contributed by atoms with Gasteiger partial charge in [-0.25, -0.2) is 0 Å². The molecular weight excluding hydrogens is 476 g/mol. The number of aromatic amines is 1. The van der Waals surface area contributed by atoms with Crippen molar-refractivity contribution in [2.75, 3.05) is 7.11 Å². The number of aliphatic hydroxyl groups is 1. The fourth-order valence-corrected chi connectivity index (χ4v) is 4.68. The molecule has 0 aliphatic rings. The second-order valence-corrected chi connectivity index (χ2v) is 10.2. The molecule has 4 N–H and O–H groups in total. The first-order valence-corrected chi connectivity index (χ1v) is 12.6. The average molecular weight is 511 g/mol. The summed E-state index contributed by atoms with van der Waals surface area (Å²) in [5.41, 5.74) is 8.97. The number of benzene rings is 3. The monoisotopic (exact) mass is 510 g/mol. The minimum absolute atomic E-state index is 0.215. The van der Waals surface area contributed by atoms with Crippen LogP contribution in [0.1, 0.15) is 66.2 Å². The van der Waals surface area contributed by atoms with Crippen LogP contribution in [0.2, 0.25) is 0 Å². The Morgan fingerprint density at radius 3 is 2.47 bits per heavy atom. The van der Waals surface area contributed by atoms with Gasteiger partial charge in [0, 0.05) is 34.1 Å². The Kier molecular flexibility index (Phi) is 7.80. The van der Waals surface area contributed by atoms with E-state index in [-0.39, 0.29) is 11.7 Å². The molecule has 0 saturated carbocycles. The maximum absolute atomic E-state index is 12.7. The van der Waals surface area contributed by atoms with Crippen LogP contribution < -0.4 is 15.2 Å². The number of nitrogens with two attached hydrogens (primary N) is 1. The van der Waals surface area contributed by atoms with Crippen LogP contribution in [-0.2, 0) is 6.42 Å². The summed E-state index contributed by atoms with van der Waals surface area (Å²) < 4.78 is 11.6. The van der Waals surface area contributed by atoms with Crippen LogP contribution in [0.15, 0.2) is 66.9 Å². The standard InChI is InChI=1S/C32H34N2O4/c1-20(2)38-30-25(27(32(3,4)36)18-23-19-34-28-12-8-7-11-24(23)28)16-21(17-26(30)31(33)35)14-15-22-10-6-9-13-29(22)37-5/h6-13,16-17,19-20,27,34,36H,18H2,1-5H3,(H2,33,35)/t27-/m1/s1. The molecule has 0 unspecified atom stereocenters. The quantitative estimate of drug-likeness (QED) is 0.270. The molecule has 0 fully saturated rings. The number of fused-ring (bicyclic) bond motifs is 1. The molecule has 0 aliphatic heterocycles. The lowest BCUT2D eigenvalue weighted by atomic mass is 9.78. The molecule has 3 aromatic carbocycles. The first-order chi connectivity index (χ1) is 18.1. The van der Waals surface area contributed by atoms with Gasteiger partial charge in [0.15, 0.2) is 0 Å². The molecule has 0 aliphatic carbocycles. The lowest BCUT2D eigenvalue weighted by Crippen LogP contribution is -2.32. The van der Waals surface area contributed by atoms with Gasteiger partial charge in [0.2, 0.25) is 0 Å². The van der Waals surface area contributed by atoms with E-state index in [0.717, 1.165) is 22.0 Å². The molecule has 1 atom stereocenters. The van der Waals surface area contributed by atoms with E-state index in [1.165, 1.54) is 0 Å². The van der Waals surface area contributed by atoms with Crippen LogP contribution >= 0.6 is 0 Å². The number of ether oxygens (including phenoxy) is 2. The van der Waals surface area contributed by atoms with E-state index in [4.69, 9.17) is 15.2 Å². The lowest BCUT2D eigenvalue weighted by Gasteiger charge is -2.32. The number of carbonyl (C=O) groups is 1. The van der Waals surface area contributed by atoms with Gasteiger partial charge in [-0.15, -0.1) is 0 Å². The van der Waals surface area contributed by atoms with Crippen molar-refractivity contribution in [3.8, 4) is 23.3 Å². The fourth-order valence-electron chi connectivity index (χ4n) is 4.68. The SMILES string of the molecule is COc1ccccc1C#Cc1cc(C(N)=O)c(OC(C)C)c([C@@H](Cc2c[nH]c3ccccc23)C(C)(C)O)c1. The van der Waals surface area contributed by atoms with Crippen LogP contribution in [0, 0.1) is 11.8 Å². The zero-order valence-electron chi connectivity index (χ0n) is 22.5. The second kappa shape index (κ2) is 11.0. The highest BCUT2D eigenvalue weighted by molar-refractivity contribution is 5.96. The average Bonchev–Trinajstić information content (AvgIpc) is 3.28. The number of carbonyl (C=O) groups excluding carboxylic acids is 1. The Morgan fingerprint density at radius 2 is 1.79 bits per heavy atom. The number of hydrogen-bond acceptors (Lipinski definition) is 4. The highest BCUT2D eigenvalue weighted by Crippen LogP contribution is 2.41. The van der Waals surface area contributed by atoms with Gasteiger partial charge in [-0.05, 0) is 70.0 Å². The normalized spacial score (nSPS) is 12.2. The summed E-state index contributed by atoms with van der Waals surface area (Å²) in [5.74, 6) is 6.30. The molecule has 0 saturated heterocycles. The summed E-state index contributed by atoms with van der Waals surface area (Å²) in [7, 11) is 1.60. The minimum Gasteiger partial charge on any atom is -0.495 e. The number of methoxy groups -OCH3 is 1. The van der Waals surface area contributed by atoms with E-state index in [0.29, 0.717) is 29.0 Å². The van der Waals surface area contributed by atoms with Gasteiger partial charge >= 0.3 is 0 Å². The van der Waals surface area contributed by atoms with Crippen LogP contribution in [0.5, 0.6) is 11.5 Å². The van der Waals surface area contributed by atoms with Crippen molar-refractivity contribution in [2.24, 2.45) is 5.73 Å². The van der Waals surface area contributed by atoms with Crippen molar-refractivity contribution in [2.45, 2.75) is 51.7 Å². The van der Waals surface area contributed by atoms with Gasteiger partial charge in [-0.1, -0.05) is 42.2 Å². The maximum atomic E-state index is 12.7. The molecule has 196 valence electrons. The molecule has 6 nitrogen and oxygen atoms in total. The number of H-pyrrole nitrogens is 1. The van der Waals surface area contributed by atoms with Crippen molar-refractivity contribution in [3.63, 3.8) is 0 Å². The van der Waals surface area contributed by atoms with E-state index in [2.05, 4.69) is 22.9 Å². The number of primary amides is 1. The third-order valence-electron chi connectivity index (χ3n) is 6.51. The summed E-state index contributed by atoms with van der Waals surface area (Å²) >= 11 is 0. The van der Waals surface area contributed by atoms with Crippen LogP contribution in [0.3, 0.4) is 0 Å². The van der Waals surface area contributed by atoms with Crippen molar-refractivity contribution >= 4 is 16.8 Å². The zero-order valence-corrected chi connectivity index (χ0v) is 22.5. The summed E-state index contributed by atoms with van der Waals surface area (Å²) in [4.78, 5) is 16.0. The molecule has 0 bridgehead atoms. The van der Waals surface area contributed by atoms with Crippen molar-refractivity contribution < 1.29 is 19.4 Å². The molecule has 1 heterocycles. The minimum atomic E-state index is -1.16. The molecule has 4 rings (SSSR count). The highest BCUT2D eigenvalue weighted by atomic mass is 16.5. The predicted octanol–water partition coefficient (Wildman–Crippen LogP) is 5.56. The van der Waals surface area contributed by atoms with Gasteiger partial charge in [-0.2, -0.15) is 0 Å². The van der Waals surface area contributed by atoms with Crippen LogP contribution in [-0.4, -0.2) is 34.8 Å². The number of rotatable bonds is 8. The summed E-state index contributed by atoms with van der Waals surface area (Å²) in [6.45, 7) is 7.32. The third kappa shape index (κ3) is 5.85. The Labute approximate surface area is 223 Å². The third-order valence-corrected chi connectivity index (χ3v) is 6.51. The number of nitrogens with one attached hydrogen (secondary N) is 1.